The molecule has 2 aromatic carbocycles. The number of nitro groups is 1. The van der Waals surface area contributed by atoms with E-state index in [-0.39, 0.29) is 28.0 Å². The van der Waals surface area contributed by atoms with Crippen molar-refractivity contribution in [3.63, 3.8) is 0 Å². The Labute approximate surface area is 207 Å². The van der Waals surface area contributed by atoms with Gasteiger partial charge >= 0.3 is 18.0 Å². The van der Waals surface area contributed by atoms with E-state index in [0.717, 1.165) is 42.7 Å². The van der Waals surface area contributed by atoms with Crippen molar-refractivity contribution in [1.82, 2.24) is 0 Å². The Morgan fingerprint density at radius 3 is 2.19 bits per heavy atom. The zero-order chi connectivity index (χ0) is 27.5. The molecule has 3 rings (SSSR count). The van der Waals surface area contributed by atoms with Crippen LogP contribution in [0.1, 0.15) is 20.8 Å². The Morgan fingerprint density at radius 1 is 0.973 bits per heavy atom. The molecule has 0 aliphatic heterocycles. The summed E-state index contributed by atoms with van der Waals surface area (Å²) in [5.41, 5.74) is -3.54. The van der Waals surface area contributed by atoms with Crippen LogP contribution in [0.2, 0.25) is 0 Å². The van der Waals surface area contributed by atoms with Gasteiger partial charge in [0.2, 0.25) is 11.5 Å². The van der Waals surface area contributed by atoms with Crippen LogP contribution in [0, 0.1) is 10.1 Å². The van der Waals surface area contributed by atoms with Gasteiger partial charge in [0.25, 0.3) is 5.78 Å². The average Bonchev–Trinajstić information content (AvgIpc) is 3.36. The number of nitro benzene ring substituents is 1. The Balaban J connectivity index is 2.03. The van der Waals surface area contributed by atoms with E-state index in [0.29, 0.717) is 12.1 Å². The Bertz CT molecular complexity index is 1380. The lowest BCUT2D eigenvalue weighted by atomic mass is 10.0. The summed E-state index contributed by atoms with van der Waals surface area (Å²) < 4.78 is 88.7. The molecule has 194 valence electrons. The molecule has 37 heavy (non-hydrogen) atoms. The van der Waals surface area contributed by atoms with Crippen LogP contribution in [0.5, 0.6) is 17.2 Å². The molecular weight excluding hydrogens is 532 g/mol. The van der Waals surface area contributed by atoms with Crippen molar-refractivity contribution >= 4 is 34.7 Å². The molecule has 14 heteroatoms. The largest absolute Gasteiger partial charge is 0.493 e. The first kappa shape index (κ1) is 27.4. The van der Waals surface area contributed by atoms with Crippen LogP contribution in [0.3, 0.4) is 0 Å². The van der Waals surface area contributed by atoms with E-state index in [1.54, 1.807) is 0 Å². The van der Waals surface area contributed by atoms with Gasteiger partial charge in [-0.3, -0.25) is 19.7 Å². The molecule has 1 heterocycles. The molecule has 0 atom stereocenters. The topological polar surface area (TPSA) is 95.7 Å². The summed E-state index contributed by atoms with van der Waals surface area (Å²) in [4.78, 5) is 34.6. The summed E-state index contributed by atoms with van der Waals surface area (Å²) in [6, 6.07) is 7.55. The minimum atomic E-state index is -5.34. The highest BCUT2D eigenvalue weighted by molar-refractivity contribution is 7.12. The number of thiophene rings is 1. The summed E-state index contributed by atoms with van der Waals surface area (Å²) in [6.45, 7) is 0. The third-order valence-corrected chi connectivity index (χ3v) is 5.56. The molecule has 0 amide bonds. The molecular formula is C23H13F6NO6S. The minimum Gasteiger partial charge on any atom is -0.493 e. The summed E-state index contributed by atoms with van der Waals surface area (Å²) in [5, 5.41) is 12.7. The molecule has 0 spiro atoms. The van der Waals surface area contributed by atoms with Crippen LogP contribution < -0.4 is 9.47 Å². The fourth-order valence-electron chi connectivity index (χ4n) is 2.99. The number of allylic oxidation sites excluding steroid dienone is 1. The van der Waals surface area contributed by atoms with Gasteiger partial charge in [-0.1, -0.05) is 12.1 Å². The van der Waals surface area contributed by atoms with Gasteiger partial charge in [0.05, 0.1) is 28.0 Å². The van der Waals surface area contributed by atoms with E-state index in [1.807, 2.05) is 0 Å². The van der Waals surface area contributed by atoms with Crippen LogP contribution >= 0.6 is 11.3 Å². The fourth-order valence-corrected chi connectivity index (χ4v) is 3.67. The molecule has 0 aliphatic rings. The van der Waals surface area contributed by atoms with E-state index in [2.05, 4.69) is 0 Å². The van der Waals surface area contributed by atoms with Gasteiger partial charge in [0.15, 0.2) is 11.5 Å². The van der Waals surface area contributed by atoms with Crippen molar-refractivity contribution in [3.05, 3.63) is 85.6 Å². The number of nitrogens with zero attached hydrogens (tertiary/aromatic N) is 1. The number of hydrogen-bond donors (Lipinski definition) is 0. The predicted octanol–water partition coefficient (Wildman–Crippen LogP) is 6.87. The standard InChI is InChI=1S/C23H13F6NO6S/c1-35-18-10-12(9-14(21(32)23(27,28)29)20(31)19-3-2-8-37-19)4-6-17(18)36-16-7-5-13(22(24,25)26)11-15(16)30(33)34/h2-11H,1H3/b14-9+. The quantitative estimate of drug-likeness (QED) is 0.0583. The molecule has 7 nitrogen and oxygen atoms in total. The highest BCUT2D eigenvalue weighted by atomic mass is 32.1. The Kier molecular flexibility index (Phi) is 7.71. The summed E-state index contributed by atoms with van der Waals surface area (Å²) in [7, 11) is 1.12. The van der Waals surface area contributed by atoms with Crippen LogP contribution in [0.15, 0.2) is 59.5 Å². The SMILES string of the molecule is COc1cc(/C=C(\C(=O)c2cccs2)C(=O)C(F)(F)F)ccc1Oc1ccc(C(F)(F)F)cc1[N+](=O)[O-]. The van der Waals surface area contributed by atoms with Gasteiger partial charge in [-0.05, 0) is 47.4 Å². The molecule has 0 saturated carbocycles. The normalized spacial score (nSPS) is 12.2. The number of carbonyl (C=O) groups is 2. The van der Waals surface area contributed by atoms with Crippen LogP contribution in [-0.2, 0) is 11.0 Å². The number of halogens is 6. The van der Waals surface area contributed by atoms with Gasteiger partial charge < -0.3 is 9.47 Å². The van der Waals surface area contributed by atoms with Crippen LogP contribution in [0.25, 0.3) is 6.08 Å². The monoisotopic (exact) mass is 545 g/mol. The van der Waals surface area contributed by atoms with Crippen molar-refractivity contribution in [2.75, 3.05) is 7.11 Å². The number of hydrogen-bond acceptors (Lipinski definition) is 7. The number of ether oxygens (including phenoxy) is 2. The van der Waals surface area contributed by atoms with E-state index >= 15 is 0 Å². The zero-order valence-corrected chi connectivity index (χ0v) is 19.2. The lowest BCUT2D eigenvalue weighted by Crippen LogP contribution is -2.28. The lowest BCUT2D eigenvalue weighted by molar-refractivity contribution is -0.385. The molecule has 1 aromatic heterocycles. The number of benzene rings is 2. The number of alkyl halides is 6. The van der Waals surface area contributed by atoms with Crippen LogP contribution in [0.4, 0.5) is 32.0 Å². The van der Waals surface area contributed by atoms with Crippen molar-refractivity contribution in [2.45, 2.75) is 12.4 Å². The summed E-state index contributed by atoms with van der Waals surface area (Å²) in [5.74, 6) is -4.54. The highest BCUT2D eigenvalue weighted by Crippen LogP contribution is 2.40. The second kappa shape index (κ2) is 10.4. The van der Waals surface area contributed by atoms with Crippen molar-refractivity contribution in [3.8, 4) is 17.2 Å². The van der Waals surface area contributed by atoms with Gasteiger partial charge in [0, 0.05) is 6.07 Å². The van der Waals surface area contributed by atoms with E-state index in [4.69, 9.17) is 9.47 Å². The summed E-state index contributed by atoms with van der Waals surface area (Å²) in [6.07, 6.45) is -9.49. The van der Waals surface area contributed by atoms with Crippen molar-refractivity contribution in [1.29, 1.82) is 0 Å². The first-order valence-corrected chi connectivity index (χ1v) is 10.7. The Morgan fingerprint density at radius 2 is 1.65 bits per heavy atom. The molecule has 0 aliphatic carbocycles. The molecule has 0 radical (unpaired) electrons. The maximum atomic E-state index is 13.2. The van der Waals surface area contributed by atoms with Crippen molar-refractivity contribution < 1.29 is 50.3 Å². The number of Topliss-reactive ketones (excluding diaryl/α,β-unsaturated/α-hetero) is 2. The maximum absolute atomic E-state index is 13.2. The second-order valence-electron chi connectivity index (χ2n) is 7.14. The summed E-state index contributed by atoms with van der Waals surface area (Å²) >= 11 is 0.835. The number of ketones is 2. The van der Waals surface area contributed by atoms with Gasteiger partial charge in [-0.2, -0.15) is 26.3 Å². The molecule has 0 unspecified atom stereocenters. The van der Waals surface area contributed by atoms with Crippen molar-refractivity contribution in [2.24, 2.45) is 0 Å². The average molecular weight is 545 g/mol. The van der Waals surface area contributed by atoms with Gasteiger partial charge in [0.1, 0.15) is 0 Å². The molecule has 0 fully saturated rings. The smallest absolute Gasteiger partial charge is 0.455 e. The second-order valence-corrected chi connectivity index (χ2v) is 8.09. The number of methoxy groups -OCH3 is 1. The third kappa shape index (κ3) is 6.33. The molecule has 0 bridgehead atoms. The first-order chi connectivity index (χ1) is 17.2. The molecule has 0 saturated heterocycles. The van der Waals surface area contributed by atoms with E-state index in [9.17, 15) is 46.0 Å². The third-order valence-electron chi connectivity index (χ3n) is 4.69. The van der Waals surface area contributed by atoms with E-state index < -0.39 is 51.4 Å². The van der Waals surface area contributed by atoms with E-state index in [1.165, 1.54) is 17.5 Å². The van der Waals surface area contributed by atoms with Gasteiger partial charge in [-0.15, -0.1) is 11.3 Å². The molecule has 3 aromatic rings. The zero-order valence-electron chi connectivity index (χ0n) is 18.3. The highest BCUT2D eigenvalue weighted by Gasteiger charge is 2.43. The fraction of sp³-hybridized carbons (Fsp3) is 0.130. The van der Waals surface area contributed by atoms with Gasteiger partial charge in [-0.25, -0.2) is 0 Å². The maximum Gasteiger partial charge on any atom is 0.455 e. The minimum absolute atomic E-state index is 0.0939. The molecule has 0 N–H and O–H groups in total. The predicted molar refractivity (Wildman–Crippen MR) is 119 cm³/mol. The van der Waals surface area contributed by atoms with Crippen LogP contribution in [-0.4, -0.2) is 29.8 Å². The number of rotatable bonds is 8. The Hall–Kier alpha value is -4.20. The lowest BCUT2D eigenvalue weighted by Gasteiger charge is -2.13. The number of carbonyl (C=O) groups excluding carboxylic acids is 2. The first-order valence-electron chi connectivity index (χ1n) is 9.85.